The Morgan fingerprint density at radius 2 is 2.05 bits per heavy atom. The normalized spacial score (nSPS) is 12.4. The van der Waals surface area contributed by atoms with E-state index in [0.29, 0.717) is 5.82 Å². The highest BCUT2D eigenvalue weighted by atomic mass is 14.9. The number of hydrogen-bond acceptors (Lipinski definition) is 4. The van der Waals surface area contributed by atoms with Crippen molar-refractivity contribution in [2.45, 2.75) is 39.7 Å². The van der Waals surface area contributed by atoms with Gasteiger partial charge in [-0.2, -0.15) is 0 Å². The smallest absolute Gasteiger partial charge is 0.178 e. The van der Waals surface area contributed by atoms with Crippen molar-refractivity contribution in [1.82, 2.24) is 15.0 Å². The van der Waals surface area contributed by atoms with Gasteiger partial charge in [0.25, 0.3) is 0 Å². The van der Waals surface area contributed by atoms with Crippen LogP contribution in [-0.4, -0.2) is 21.0 Å². The molecule has 0 saturated carbocycles. The van der Waals surface area contributed by atoms with Crippen LogP contribution in [0.25, 0.3) is 11.5 Å². The molecule has 0 aliphatic heterocycles. The number of rotatable bonds is 4. The van der Waals surface area contributed by atoms with Gasteiger partial charge in [-0.05, 0) is 37.5 Å². The van der Waals surface area contributed by atoms with Gasteiger partial charge in [0.2, 0.25) is 0 Å². The van der Waals surface area contributed by atoms with Gasteiger partial charge < -0.3 is 5.73 Å². The van der Waals surface area contributed by atoms with Crippen LogP contribution in [-0.2, 0) is 6.42 Å². The maximum atomic E-state index is 5.97. The van der Waals surface area contributed by atoms with Crippen molar-refractivity contribution < 1.29 is 0 Å². The van der Waals surface area contributed by atoms with Crippen LogP contribution in [0.5, 0.6) is 0 Å². The molecular formula is C15H20N4. The molecule has 0 bridgehead atoms. The lowest BCUT2D eigenvalue weighted by Crippen LogP contribution is -2.22. The molecule has 2 N–H and O–H groups in total. The monoisotopic (exact) mass is 256 g/mol. The van der Waals surface area contributed by atoms with Crippen molar-refractivity contribution in [3.8, 4) is 11.5 Å². The van der Waals surface area contributed by atoms with Gasteiger partial charge in [0.05, 0.1) is 0 Å². The van der Waals surface area contributed by atoms with E-state index in [1.54, 1.807) is 6.20 Å². The molecule has 4 heteroatoms. The average Bonchev–Trinajstić information content (AvgIpc) is 2.39. The number of nitrogens with zero attached hydrogens (tertiary/aromatic N) is 3. The molecule has 0 aliphatic carbocycles. The second-order valence-electron chi connectivity index (χ2n) is 4.92. The van der Waals surface area contributed by atoms with Crippen LogP contribution >= 0.6 is 0 Å². The summed E-state index contributed by atoms with van der Waals surface area (Å²) in [5.41, 5.74) is 10.0. The first-order valence-corrected chi connectivity index (χ1v) is 6.61. The lowest BCUT2D eigenvalue weighted by Gasteiger charge is -2.09. The number of nitrogens with two attached hydrogens (primary N) is 1. The Morgan fingerprint density at radius 1 is 1.26 bits per heavy atom. The number of aryl methyl sites for hydroxylation is 2. The summed E-state index contributed by atoms with van der Waals surface area (Å²) in [4.78, 5) is 13.3. The minimum absolute atomic E-state index is 0.148. The minimum Gasteiger partial charge on any atom is -0.327 e. The Bertz CT molecular complexity index is 566. The van der Waals surface area contributed by atoms with Crippen LogP contribution in [0.4, 0.5) is 0 Å². The summed E-state index contributed by atoms with van der Waals surface area (Å²) >= 11 is 0. The average molecular weight is 256 g/mol. The quantitative estimate of drug-likeness (QED) is 0.912. The van der Waals surface area contributed by atoms with Crippen LogP contribution < -0.4 is 5.73 Å². The lowest BCUT2D eigenvalue weighted by molar-refractivity contribution is 0.636. The van der Waals surface area contributed by atoms with Crippen LogP contribution in [0.3, 0.4) is 0 Å². The Labute approximate surface area is 114 Å². The van der Waals surface area contributed by atoms with Crippen LogP contribution in [0, 0.1) is 13.8 Å². The Kier molecular flexibility index (Phi) is 4.22. The predicted molar refractivity (Wildman–Crippen MR) is 76.7 cm³/mol. The molecule has 2 rings (SSSR count). The first kappa shape index (κ1) is 13.6. The fourth-order valence-electron chi connectivity index (χ4n) is 1.99. The van der Waals surface area contributed by atoms with Gasteiger partial charge in [-0.3, -0.25) is 4.98 Å². The second-order valence-corrected chi connectivity index (χ2v) is 4.92. The van der Waals surface area contributed by atoms with E-state index in [0.717, 1.165) is 35.4 Å². The molecular weight excluding hydrogens is 236 g/mol. The maximum Gasteiger partial charge on any atom is 0.178 e. The minimum atomic E-state index is 0.148. The summed E-state index contributed by atoms with van der Waals surface area (Å²) in [6, 6.07) is 4.16. The number of aromatic nitrogens is 3. The van der Waals surface area contributed by atoms with E-state index in [-0.39, 0.29) is 6.04 Å². The van der Waals surface area contributed by atoms with E-state index in [1.807, 2.05) is 26.1 Å². The van der Waals surface area contributed by atoms with Crippen molar-refractivity contribution in [3.63, 3.8) is 0 Å². The molecule has 0 aromatic carbocycles. The van der Waals surface area contributed by atoms with Gasteiger partial charge in [-0.25, -0.2) is 9.97 Å². The lowest BCUT2D eigenvalue weighted by atomic mass is 10.1. The molecule has 0 radical (unpaired) electrons. The zero-order valence-corrected chi connectivity index (χ0v) is 11.7. The van der Waals surface area contributed by atoms with Crippen molar-refractivity contribution in [1.29, 1.82) is 0 Å². The van der Waals surface area contributed by atoms with Gasteiger partial charge in [-0.15, -0.1) is 0 Å². The van der Waals surface area contributed by atoms with Gasteiger partial charge >= 0.3 is 0 Å². The second kappa shape index (κ2) is 5.89. The molecule has 100 valence electrons. The Hall–Kier alpha value is -1.81. The largest absolute Gasteiger partial charge is 0.327 e. The number of hydrogen-bond donors (Lipinski definition) is 1. The predicted octanol–water partition coefficient (Wildman–Crippen LogP) is 2.44. The van der Waals surface area contributed by atoms with Crippen LogP contribution in [0.2, 0.25) is 0 Å². The topological polar surface area (TPSA) is 64.7 Å². The Balaban J connectivity index is 2.32. The molecule has 0 saturated heterocycles. The van der Waals surface area contributed by atoms with Crippen molar-refractivity contribution in [2.75, 3.05) is 0 Å². The third-order valence-electron chi connectivity index (χ3n) is 3.14. The van der Waals surface area contributed by atoms with E-state index in [4.69, 9.17) is 5.73 Å². The number of pyridine rings is 1. The summed E-state index contributed by atoms with van der Waals surface area (Å²) in [6.45, 7) is 6.14. The van der Waals surface area contributed by atoms with E-state index in [2.05, 4.69) is 27.9 Å². The zero-order chi connectivity index (χ0) is 13.8. The summed E-state index contributed by atoms with van der Waals surface area (Å²) < 4.78 is 0. The van der Waals surface area contributed by atoms with Gasteiger partial charge in [-0.1, -0.05) is 13.0 Å². The molecule has 1 unspecified atom stereocenters. The molecule has 2 heterocycles. The molecule has 0 aliphatic rings. The molecule has 1 atom stereocenters. The molecule has 4 nitrogen and oxygen atoms in total. The Morgan fingerprint density at radius 3 is 2.74 bits per heavy atom. The highest BCUT2D eigenvalue weighted by Gasteiger charge is 2.09. The first-order chi connectivity index (χ1) is 9.10. The third kappa shape index (κ3) is 3.35. The highest BCUT2D eigenvalue weighted by Crippen LogP contribution is 2.18. The third-order valence-corrected chi connectivity index (χ3v) is 3.14. The molecule has 2 aromatic heterocycles. The van der Waals surface area contributed by atoms with Gasteiger partial charge in [0.1, 0.15) is 5.69 Å². The van der Waals surface area contributed by atoms with Crippen molar-refractivity contribution in [2.24, 2.45) is 5.73 Å². The summed E-state index contributed by atoms with van der Waals surface area (Å²) in [7, 11) is 0. The van der Waals surface area contributed by atoms with Crippen LogP contribution in [0.1, 0.15) is 30.2 Å². The fourth-order valence-corrected chi connectivity index (χ4v) is 1.99. The highest BCUT2D eigenvalue weighted by molar-refractivity contribution is 5.54. The standard InChI is InChI=1S/C15H20N4/c1-4-12(16)8-13-5-6-17-15(19-13)14-11(3)7-10(2)9-18-14/h5-7,9,12H,4,8,16H2,1-3H3. The van der Waals surface area contributed by atoms with E-state index in [1.165, 1.54) is 0 Å². The summed E-state index contributed by atoms with van der Waals surface area (Å²) in [5.74, 6) is 0.679. The molecule has 0 amide bonds. The summed E-state index contributed by atoms with van der Waals surface area (Å²) in [6.07, 6.45) is 5.34. The van der Waals surface area contributed by atoms with E-state index in [9.17, 15) is 0 Å². The molecule has 2 aromatic rings. The van der Waals surface area contributed by atoms with E-state index >= 15 is 0 Å². The molecule has 0 fully saturated rings. The maximum absolute atomic E-state index is 5.97. The van der Waals surface area contributed by atoms with Gasteiger partial charge in [0, 0.05) is 30.6 Å². The van der Waals surface area contributed by atoms with Gasteiger partial charge in [0.15, 0.2) is 5.82 Å². The first-order valence-electron chi connectivity index (χ1n) is 6.61. The van der Waals surface area contributed by atoms with E-state index < -0.39 is 0 Å². The van der Waals surface area contributed by atoms with Crippen molar-refractivity contribution in [3.05, 3.63) is 41.3 Å². The fraction of sp³-hybridized carbons (Fsp3) is 0.400. The zero-order valence-electron chi connectivity index (χ0n) is 11.7. The van der Waals surface area contributed by atoms with Crippen molar-refractivity contribution >= 4 is 0 Å². The molecule has 0 spiro atoms. The SMILES string of the molecule is CCC(N)Cc1ccnc(-c2ncc(C)cc2C)n1. The van der Waals surface area contributed by atoms with Crippen LogP contribution in [0.15, 0.2) is 24.5 Å². The molecule has 19 heavy (non-hydrogen) atoms. The summed E-state index contributed by atoms with van der Waals surface area (Å²) in [5, 5.41) is 0.